The van der Waals surface area contributed by atoms with Crippen molar-refractivity contribution in [3.05, 3.63) is 51.9 Å². The van der Waals surface area contributed by atoms with E-state index in [0.717, 1.165) is 35.5 Å². The molecule has 0 unspecified atom stereocenters. The number of benzene rings is 1. The summed E-state index contributed by atoms with van der Waals surface area (Å²) in [5, 5.41) is 6.83. The largest absolute Gasteiger partial charge is 1.00 e. The van der Waals surface area contributed by atoms with Crippen LogP contribution in [0.4, 0.5) is 9.80 Å². The smallest absolute Gasteiger partial charge is 0.407 e. The van der Waals surface area contributed by atoms with Crippen molar-refractivity contribution in [1.29, 1.82) is 0 Å². The number of nitrogens with one attached hydrogen (secondary N) is 2. The number of ether oxygens (including phenoxy) is 1. The number of hydrogen-bond donors (Lipinski definition) is 3. The molecule has 2 aromatic rings. The summed E-state index contributed by atoms with van der Waals surface area (Å²) >= 11 is 1.61. The van der Waals surface area contributed by atoms with E-state index in [-0.39, 0.29) is 31.0 Å². The minimum atomic E-state index is -0.415. The SMILES string of the molecule is [Cl-].[NH3+]c1sc2c(c1C(=O)NCC1CC1)C[C@@H](NC(=O)OCc1ccccc1)CC2. The first-order valence-electron chi connectivity index (χ1n) is 9.82. The Balaban J connectivity index is 0.00000240. The maximum atomic E-state index is 12.7. The number of hydrogen-bond acceptors (Lipinski definition) is 4. The number of carbonyl (C=O) groups is 2. The van der Waals surface area contributed by atoms with Crippen LogP contribution in [0.3, 0.4) is 0 Å². The highest BCUT2D eigenvalue weighted by molar-refractivity contribution is 7.15. The van der Waals surface area contributed by atoms with Crippen LogP contribution in [0.15, 0.2) is 30.3 Å². The van der Waals surface area contributed by atoms with Crippen LogP contribution in [0.25, 0.3) is 0 Å². The van der Waals surface area contributed by atoms with Gasteiger partial charge in [-0.1, -0.05) is 41.7 Å². The lowest BCUT2D eigenvalue weighted by atomic mass is 9.91. The molecule has 5 N–H and O–H groups in total. The van der Waals surface area contributed by atoms with Crippen LogP contribution >= 0.6 is 11.3 Å². The topological polar surface area (TPSA) is 95.1 Å². The number of carbonyl (C=O) groups excluding carboxylic acids is 2. The predicted molar refractivity (Wildman–Crippen MR) is 108 cm³/mol. The van der Waals surface area contributed by atoms with Gasteiger partial charge in [0.2, 0.25) is 0 Å². The maximum Gasteiger partial charge on any atom is 0.407 e. The molecular weight excluding hydrogens is 410 g/mol. The molecule has 0 aliphatic heterocycles. The second kappa shape index (κ2) is 9.61. The van der Waals surface area contributed by atoms with E-state index in [4.69, 9.17) is 4.74 Å². The lowest BCUT2D eigenvalue weighted by Crippen LogP contribution is -3.00. The van der Waals surface area contributed by atoms with Gasteiger partial charge in [-0.3, -0.25) is 4.79 Å². The highest BCUT2D eigenvalue weighted by atomic mass is 35.5. The molecule has 1 saturated carbocycles. The van der Waals surface area contributed by atoms with Crippen molar-refractivity contribution in [2.75, 3.05) is 6.54 Å². The third-order valence-corrected chi connectivity index (χ3v) is 6.49. The fourth-order valence-corrected chi connectivity index (χ4v) is 4.75. The van der Waals surface area contributed by atoms with Crippen molar-refractivity contribution in [2.24, 2.45) is 5.92 Å². The summed E-state index contributed by atoms with van der Waals surface area (Å²) in [5.74, 6) is 0.613. The lowest BCUT2D eigenvalue weighted by molar-refractivity contribution is -0.249. The van der Waals surface area contributed by atoms with Crippen LogP contribution in [-0.2, 0) is 24.2 Å². The van der Waals surface area contributed by atoms with Gasteiger partial charge in [-0.25, -0.2) is 4.79 Å². The Hall–Kier alpha value is -2.09. The minimum Gasteiger partial charge on any atom is -1.00 e. The number of quaternary nitrogens is 1. The van der Waals surface area contributed by atoms with Crippen LogP contribution in [0, 0.1) is 5.92 Å². The fraction of sp³-hybridized carbons (Fsp3) is 0.429. The first kappa shape index (κ1) is 21.6. The number of amides is 2. The van der Waals surface area contributed by atoms with E-state index in [0.29, 0.717) is 17.9 Å². The quantitative estimate of drug-likeness (QED) is 0.573. The third-order valence-electron chi connectivity index (χ3n) is 5.34. The molecule has 2 aliphatic carbocycles. The molecule has 1 atom stereocenters. The highest BCUT2D eigenvalue weighted by Gasteiger charge is 2.31. The number of thiophene rings is 1. The van der Waals surface area contributed by atoms with Gasteiger partial charge < -0.3 is 33.5 Å². The van der Waals surface area contributed by atoms with E-state index < -0.39 is 6.09 Å². The van der Waals surface area contributed by atoms with Gasteiger partial charge in [-0.05, 0) is 49.1 Å². The summed E-state index contributed by atoms with van der Waals surface area (Å²) in [4.78, 5) is 26.1. The zero-order valence-corrected chi connectivity index (χ0v) is 17.8. The minimum absolute atomic E-state index is 0. The number of rotatable bonds is 6. The maximum absolute atomic E-state index is 12.7. The molecule has 6 nitrogen and oxygen atoms in total. The van der Waals surface area contributed by atoms with Crippen LogP contribution in [-0.4, -0.2) is 24.6 Å². The van der Waals surface area contributed by atoms with Crippen molar-refractivity contribution in [1.82, 2.24) is 10.6 Å². The fourth-order valence-electron chi connectivity index (χ4n) is 3.61. The lowest BCUT2D eigenvalue weighted by Gasteiger charge is -2.23. The number of halogens is 1. The van der Waals surface area contributed by atoms with E-state index in [1.165, 1.54) is 17.7 Å². The van der Waals surface area contributed by atoms with Gasteiger partial charge in [0, 0.05) is 17.5 Å². The standard InChI is InChI=1S/C21H25N3O3S.ClH/c22-19-18(20(25)23-11-13-6-7-13)16-10-15(8-9-17(16)28-19)24-21(26)27-12-14-4-2-1-3-5-14;/h1-5,13,15H,6-12,22H2,(H,23,25)(H,24,26);1H/t15-;/m0./s1. The zero-order valence-electron chi connectivity index (χ0n) is 16.2. The molecule has 2 aliphatic rings. The Bertz CT molecular complexity index is 868. The van der Waals surface area contributed by atoms with Crippen LogP contribution in [0.1, 0.15) is 45.6 Å². The molecule has 8 heteroatoms. The van der Waals surface area contributed by atoms with E-state index in [2.05, 4.69) is 16.4 Å². The molecule has 1 heterocycles. The first-order chi connectivity index (χ1) is 13.6. The van der Waals surface area contributed by atoms with Crippen LogP contribution in [0.5, 0.6) is 0 Å². The summed E-state index contributed by atoms with van der Waals surface area (Å²) in [6, 6.07) is 9.59. The van der Waals surface area contributed by atoms with Gasteiger partial charge in [0.1, 0.15) is 12.2 Å². The normalized spacial score (nSPS) is 17.6. The molecule has 1 aromatic carbocycles. The van der Waals surface area contributed by atoms with Gasteiger partial charge in [0.15, 0.2) is 5.00 Å². The van der Waals surface area contributed by atoms with E-state index in [9.17, 15) is 9.59 Å². The summed E-state index contributed by atoms with van der Waals surface area (Å²) in [5.41, 5.74) is 6.80. The Labute approximate surface area is 180 Å². The third kappa shape index (κ3) is 5.50. The number of fused-ring (bicyclic) bond motifs is 1. The Morgan fingerprint density at radius 1 is 1.17 bits per heavy atom. The molecule has 0 saturated heterocycles. The molecule has 4 rings (SSSR count). The average molecular weight is 436 g/mol. The second-order valence-electron chi connectivity index (χ2n) is 7.60. The highest BCUT2D eigenvalue weighted by Crippen LogP contribution is 2.36. The van der Waals surface area contributed by atoms with Gasteiger partial charge in [-0.15, -0.1) is 0 Å². The van der Waals surface area contributed by atoms with Crippen molar-refractivity contribution >= 4 is 28.3 Å². The molecule has 0 spiro atoms. The van der Waals surface area contributed by atoms with E-state index in [1.807, 2.05) is 30.3 Å². The van der Waals surface area contributed by atoms with Crippen molar-refractivity contribution in [3.8, 4) is 0 Å². The van der Waals surface area contributed by atoms with Gasteiger partial charge in [0.05, 0.1) is 0 Å². The molecular formula is C21H26ClN3O3S. The molecule has 29 heavy (non-hydrogen) atoms. The predicted octanol–water partition coefficient (Wildman–Crippen LogP) is -0.451. The monoisotopic (exact) mass is 435 g/mol. The number of aryl methyl sites for hydroxylation is 1. The molecule has 2 amide bonds. The Morgan fingerprint density at radius 3 is 2.66 bits per heavy atom. The summed E-state index contributed by atoms with van der Waals surface area (Å²) in [6.07, 6.45) is 4.33. The Morgan fingerprint density at radius 2 is 1.93 bits per heavy atom. The van der Waals surface area contributed by atoms with Gasteiger partial charge in [-0.2, -0.15) is 0 Å². The van der Waals surface area contributed by atoms with Crippen molar-refractivity contribution < 1.29 is 32.5 Å². The van der Waals surface area contributed by atoms with Gasteiger partial charge in [0.25, 0.3) is 5.91 Å². The van der Waals surface area contributed by atoms with E-state index in [1.54, 1.807) is 11.3 Å². The molecule has 156 valence electrons. The zero-order chi connectivity index (χ0) is 19.5. The summed E-state index contributed by atoms with van der Waals surface area (Å²) in [7, 11) is 0. The summed E-state index contributed by atoms with van der Waals surface area (Å²) in [6.45, 7) is 0.997. The van der Waals surface area contributed by atoms with E-state index >= 15 is 0 Å². The van der Waals surface area contributed by atoms with Gasteiger partial charge >= 0.3 is 6.09 Å². The van der Waals surface area contributed by atoms with Crippen molar-refractivity contribution in [3.63, 3.8) is 0 Å². The molecule has 0 bridgehead atoms. The Kier molecular flexibility index (Phi) is 7.16. The first-order valence-corrected chi connectivity index (χ1v) is 10.6. The molecule has 0 radical (unpaired) electrons. The molecule has 1 fully saturated rings. The average Bonchev–Trinajstić information content (AvgIpc) is 3.46. The molecule has 1 aromatic heterocycles. The second-order valence-corrected chi connectivity index (χ2v) is 8.79. The summed E-state index contributed by atoms with van der Waals surface area (Å²) < 4.78 is 5.33. The van der Waals surface area contributed by atoms with Crippen LogP contribution < -0.4 is 28.8 Å². The number of alkyl carbamates (subject to hydrolysis) is 1. The van der Waals surface area contributed by atoms with Crippen LogP contribution in [0.2, 0.25) is 0 Å². The van der Waals surface area contributed by atoms with Crippen molar-refractivity contribution in [2.45, 2.75) is 44.8 Å².